The fourth-order valence-corrected chi connectivity index (χ4v) is 3.64. The zero-order chi connectivity index (χ0) is 16.6. The van der Waals surface area contributed by atoms with Crippen molar-refractivity contribution < 1.29 is 4.79 Å². The molecule has 1 atom stereocenters. The van der Waals surface area contributed by atoms with Crippen LogP contribution in [0.15, 0.2) is 30.9 Å². The van der Waals surface area contributed by atoms with E-state index in [4.69, 9.17) is 11.6 Å². The second-order valence-corrected chi connectivity index (χ2v) is 6.75. The van der Waals surface area contributed by atoms with Gasteiger partial charge >= 0.3 is 0 Å². The van der Waals surface area contributed by atoms with Crippen molar-refractivity contribution in [1.82, 2.24) is 24.8 Å². The molecule has 1 spiro atoms. The summed E-state index contributed by atoms with van der Waals surface area (Å²) in [4.78, 5) is 33.4. The number of β-lactam (4-membered cyclic amide) rings is 1. The van der Waals surface area contributed by atoms with Gasteiger partial charge in [0.25, 0.3) is 0 Å². The van der Waals surface area contributed by atoms with Crippen LogP contribution < -0.4 is 4.90 Å². The lowest BCUT2D eigenvalue weighted by Crippen LogP contribution is -2.67. The summed E-state index contributed by atoms with van der Waals surface area (Å²) in [6, 6.07) is 1.75. The molecule has 2 aromatic rings. The zero-order valence-corrected chi connectivity index (χ0v) is 13.9. The Morgan fingerprint density at radius 1 is 1.12 bits per heavy atom. The summed E-state index contributed by atoms with van der Waals surface area (Å²) < 4.78 is 0. The second kappa shape index (κ2) is 6.07. The molecular formula is C16H17ClN6O. The highest BCUT2D eigenvalue weighted by molar-refractivity contribution is 6.29. The summed E-state index contributed by atoms with van der Waals surface area (Å²) in [6.45, 7) is 3.06. The number of rotatable bonds is 3. The van der Waals surface area contributed by atoms with Gasteiger partial charge in [0.1, 0.15) is 5.15 Å². The first-order valence-electron chi connectivity index (χ1n) is 7.94. The first kappa shape index (κ1) is 15.4. The third kappa shape index (κ3) is 2.74. The van der Waals surface area contributed by atoms with Gasteiger partial charge in [-0.3, -0.25) is 19.6 Å². The Kier molecular flexibility index (Phi) is 3.90. The normalized spacial score (nSPS) is 24.2. The Hall–Kier alpha value is -2.12. The molecule has 0 aliphatic carbocycles. The molecule has 2 aliphatic heterocycles. The summed E-state index contributed by atoms with van der Waals surface area (Å²) in [5.41, 5.74) is 0.559. The molecule has 0 bridgehead atoms. The lowest BCUT2D eigenvalue weighted by Gasteiger charge is -2.52. The number of carbonyl (C=O) groups is 1. The smallest absolute Gasteiger partial charge is 0.238 e. The van der Waals surface area contributed by atoms with Crippen LogP contribution in [0.4, 0.5) is 5.95 Å². The lowest BCUT2D eigenvalue weighted by atomic mass is 9.72. The quantitative estimate of drug-likeness (QED) is 0.786. The summed E-state index contributed by atoms with van der Waals surface area (Å²) in [5, 5.41) is 0.390. The van der Waals surface area contributed by atoms with Crippen molar-refractivity contribution in [2.24, 2.45) is 5.41 Å². The van der Waals surface area contributed by atoms with E-state index in [0.29, 0.717) is 24.2 Å². The number of piperidine rings is 1. The topological polar surface area (TPSA) is 75.1 Å². The third-order valence-electron chi connectivity index (χ3n) is 4.67. The number of anilines is 1. The Morgan fingerprint density at radius 3 is 2.67 bits per heavy atom. The van der Waals surface area contributed by atoms with Crippen LogP contribution in [0.5, 0.6) is 0 Å². The van der Waals surface area contributed by atoms with Crippen LogP contribution in [0.2, 0.25) is 5.15 Å². The fourth-order valence-electron chi connectivity index (χ4n) is 3.54. The van der Waals surface area contributed by atoms with Crippen LogP contribution in [0.1, 0.15) is 18.5 Å². The highest BCUT2D eigenvalue weighted by Gasteiger charge is 2.55. The number of carbonyl (C=O) groups excluding carboxylic acids is 1. The second-order valence-electron chi connectivity index (χ2n) is 6.37. The van der Waals surface area contributed by atoms with Gasteiger partial charge in [0, 0.05) is 32.0 Å². The van der Waals surface area contributed by atoms with Gasteiger partial charge in [-0.2, -0.15) is 0 Å². The number of likely N-dealkylation sites (tertiary alicyclic amines) is 1. The minimum absolute atomic E-state index is 0.126. The first-order valence-corrected chi connectivity index (χ1v) is 8.32. The maximum Gasteiger partial charge on any atom is 0.238 e. The van der Waals surface area contributed by atoms with Gasteiger partial charge in [0.2, 0.25) is 11.9 Å². The predicted octanol–water partition coefficient (Wildman–Crippen LogP) is 1.55. The molecule has 4 heterocycles. The SMILES string of the molecule is O=C1N(c2ncccn2)CC12CCCN(Cc1cnc(Cl)cn1)C2. The Bertz CT molecular complexity index is 740. The van der Waals surface area contributed by atoms with E-state index in [0.717, 1.165) is 31.6 Å². The molecular weight excluding hydrogens is 328 g/mol. The van der Waals surface area contributed by atoms with E-state index >= 15 is 0 Å². The maximum atomic E-state index is 12.8. The van der Waals surface area contributed by atoms with Crippen LogP contribution in [0.3, 0.4) is 0 Å². The highest BCUT2D eigenvalue weighted by atomic mass is 35.5. The van der Waals surface area contributed by atoms with Crippen molar-refractivity contribution >= 4 is 23.5 Å². The first-order chi connectivity index (χ1) is 11.7. The number of halogens is 1. The monoisotopic (exact) mass is 344 g/mol. The summed E-state index contributed by atoms with van der Waals surface area (Å²) in [6.07, 6.45) is 8.48. The minimum Gasteiger partial charge on any atom is -0.296 e. The van der Waals surface area contributed by atoms with Gasteiger partial charge in [0.05, 0.1) is 23.5 Å². The van der Waals surface area contributed by atoms with E-state index in [1.807, 2.05) is 0 Å². The van der Waals surface area contributed by atoms with Crippen LogP contribution in [0.25, 0.3) is 0 Å². The van der Waals surface area contributed by atoms with Crippen LogP contribution in [-0.4, -0.2) is 50.4 Å². The molecule has 1 unspecified atom stereocenters. The van der Waals surface area contributed by atoms with Crippen LogP contribution in [-0.2, 0) is 11.3 Å². The third-order valence-corrected chi connectivity index (χ3v) is 4.86. The maximum absolute atomic E-state index is 12.8. The zero-order valence-electron chi connectivity index (χ0n) is 13.1. The molecule has 4 rings (SSSR count). The average molecular weight is 345 g/mol. The van der Waals surface area contributed by atoms with Crippen molar-refractivity contribution in [3.8, 4) is 0 Å². The van der Waals surface area contributed by atoms with Crippen LogP contribution in [0, 0.1) is 5.41 Å². The van der Waals surface area contributed by atoms with E-state index in [2.05, 4.69) is 24.8 Å². The molecule has 7 nitrogen and oxygen atoms in total. The van der Waals surface area contributed by atoms with Crippen molar-refractivity contribution in [1.29, 1.82) is 0 Å². The summed E-state index contributed by atoms with van der Waals surface area (Å²) in [5.74, 6) is 0.620. The molecule has 2 aromatic heterocycles. The molecule has 2 aliphatic rings. The van der Waals surface area contributed by atoms with E-state index < -0.39 is 0 Å². The predicted molar refractivity (Wildman–Crippen MR) is 88.4 cm³/mol. The van der Waals surface area contributed by atoms with Gasteiger partial charge in [-0.25, -0.2) is 15.0 Å². The number of nitrogens with zero attached hydrogens (tertiary/aromatic N) is 6. The molecule has 0 saturated carbocycles. The fraction of sp³-hybridized carbons (Fsp3) is 0.438. The van der Waals surface area contributed by atoms with Crippen LogP contribution >= 0.6 is 11.6 Å². The number of hydrogen-bond acceptors (Lipinski definition) is 6. The molecule has 2 fully saturated rings. The molecule has 24 heavy (non-hydrogen) atoms. The molecule has 0 N–H and O–H groups in total. The summed E-state index contributed by atoms with van der Waals surface area (Å²) in [7, 11) is 0. The number of amides is 1. The van der Waals surface area contributed by atoms with Gasteiger partial charge in [0.15, 0.2) is 0 Å². The Morgan fingerprint density at radius 2 is 1.96 bits per heavy atom. The van der Waals surface area contributed by atoms with E-state index in [9.17, 15) is 4.79 Å². The Labute approximate surface area is 144 Å². The van der Waals surface area contributed by atoms with Crippen molar-refractivity contribution in [3.05, 3.63) is 41.7 Å². The van der Waals surface area contributed by atoms with Gasteiger partial charge in [-0.1, -0.05) is 11.6 Å². The standard InChI is InChI=1S/C16H17ClN6O/c17-13-8-20-12(7-21-13)9-22-6-1-3-16(10-22)11-23(14(16)24)15-18-4-2-5-19-15/h2,4-5,7-8H,1,3,6,9-11H2. The van der Waals surface area contributed by atoms with Crippen molar-refractivity contribution in [3.63, 3.8) is 0 Å². The van der Waals surface area contributed by atoms with Gasteiger partial charge in [-0.15, -0.1) is 0 Å². The number of hydrogen-bond donors (Lipinski definition) is 0. The highest BCUT2D eigenvalue weighted by Crippen LogP contribution is 2.41. The van der Waals surface area contributed by atoms with E-state index in [1.165, 1.54) is 0 Å². The Balaban J connectivity index is 1.44. The molecule has 1 amide bonds. The lowest BCUT2D eigenvalue weighted by molar-refractivity contribution is -0.139. The number of aromatic nitrogens is 4. The molecule has 0 radical (unpaired) electrons. The minimum atomic E-state index is -0.308. The molecule has 124 valence electrons. The largest absolute Gasteiger partial charge is 0.296 e. The van der Waals surface area contributed by atoms with Crippen molar-refractivity contribution in [2.45, 2.75) is 19.4 Å². The molecule has 0 aromatic carbocycles. The van der Waals surface area contributed by atoms with Crippen molar-refractivity contribution in [2.75, 3.05) is 24.5 Å². The van der Waals surface area contributed by atoms with Gasteiger partial charge in [-0.05, 0) is 25.5 Å². The average Bonchev–Trinajstić information content (AvgIpc) is 2.62. The molecule has 2 saturated heterocycles. The van der Waals surface area contributed by atoms with E-state index in [1.54, 1.807) is 35.8 Å². The van der Waals surface area contributed by atoms with Gasteiger partial charge < -0.3 is 0 Å². The molecule has 8 heteroatoms. The van der Waals surface area contributed by atoms with E-state index in [-0.39, 0.29) is 11.3 Å². The summed E-state index contributed by atoms with van der Waals surface area (Å²) >= 11 is 5.78.